The molecule has 0 radical (unpaired) electrons. The molecule has 0 aromatic heterocycles. The Kier molecular flexibility index (Phi) is 6.30. The lowest BCUT2D eigenvalue weighted by Gasteiger charge is -2.36. The second-order valence-electron chi connectivity index (χ2n) is 7.44. The fourth-order valence-corrected chi connectivity index (χ4v) is 4.26. The Bertz CT molecular complexity index is 646. The molecule has 2 unspecified atom stereocenters. The standard InChI is InChI=1S/C21H30N2O3/c1-3-26-21(25)17-10-7-13-23(14-17)15-20(24)22(2)19-12-6-9-16-8-4-5-11-18(16)19/h4-5,8,11,17,19H,3,6-7,9-10,12-15H2,1-2H3. The van der Waals surface area contributed by atoms with Crippen molar-refractivity contribution in [2.24, 2.45) is 5.92 Å². The van der Waals surface area contributed by atoms with Gasteiger partial charge in [0.05, 0.1) is 25.1 Å². The summed E-state index contributed by atoms with van der Waals surface area (Å²) < 4.78 is 5.16. The Balaban J connectivity index is 1.60. The summed E-state index contributed by atoms with van der Waals surface area (Å²) in [4.78, 5) is 28.9. The summed E-state index contributed by atoms with van der Waals surface area (Å²) in [7, 11) is 1.92. The van der Waals surface area contributed by atoms with Gasteiger partial charge in [-0.2, -0.15) is 0 Å². The second kappa shape index (κ2) is 8.67. The zero-order valence-corrected chi connectivity index (χ0v) is 15.9. The number of benzene rings is 1. The maximum absolute atomic E-state index is 12.9. The summed E-state index contributed by atoms with van der Waals surface area (Å²) in [6, 6.07) is 8.63. The number of likely N-dealkylation sites (N-methyl/N-ethyl adjacent to an activating group) is 1. The predicted molar refractivity (Wildman–Crippen MR) is 101 cm³/mol. The molecular weight excluding hydrogens is 328 g/mol. The molecule has 3 rings (SSSR count). The largest absolute Gasteiger partial charge is 0.466 e. The van der Waals surface area contributed by atoms with Crippen molar-refractivity contribution in [1.29, 1.82) is 0 Å². The molecule has 1 heterocycles. The monoisotopic (exact) mass is 358 g/mol. The number of carbonyl (C=O) groups is 2. The van der Waals surface area contributed by atoms with E-state index < -0.39 is 0 Å². The Morgan fingerprint density at radius 1 is 1.23 bits per heavy atom. The first-order valence-electron chi connectivity index (χ1n) is 9.82. The molecule has 2 atom stereocenters. The van der Waals surface area contributed by atoms with Crippen molar-refractivity contribution in [2.45, 2.75) is 45.1 Å². The van der Waals surface area contributed by atoms with Gasteiger partial charge in [-0.3, -0.25) is 14.5 Å². The van der Waals surface area contributed by atoms with Gasteiger partial charge < -0.3 is 9.64 Å². The van der Waals surface area contributed by atoms with Crippen molar-refractivity contribution in [1.82, 2.24) is 9.80 Å². The molecule has 2 aliphatic rings. The second-order valence-corrected chi connectivity index (χ2v) is 7.44. The number of esters is 1. The molecule has 1 aromatic rings. The molecule has 0 bridgehead atoms. The number of fused-ring (bicyclic) bond motifs is 1. The van der Waals surface area contributed by atoms with Crippen molar-refractivity contribution in [2.75, 3.05) is 33.3 Å². The number of hydrogen-bond acceptors (Lipinski definition) is 4. The van der Waals surface area contributed by atoms with E-state index >= 15 is 0 Å². The summed E-state index contributed by atoms with van der Waals surface area (Å²) in [6.45, 7) is 4.12. The van der Waals surface area contributed by atoms with Crippen LogP contribution in [0.3, 0.4) is 0 Å². The van der Waals surface area contributed by atoms with Gasteiger partial charge in [-0.15, -0.1) is 0 Å². The Morgan fingerprint density at radius 2 is 2.04 bits per heavy atom. The third-order valence-electron chi connectivity index (χ3n) is 5.68. The minimum Gasteiger partial charge on any atom is -0.466 e. The molecule has 1 aromatic carbocycles. The number of rotatable bonds is 5. The predicted octanol–water partition coefficient (Wildman–Crippen LogP) is 2.80. The fraction of sp³-hybridized carbons (Fsp3) is 0.619. The van der Waals surface area contributed by atoms with Crippen LogP contribution in [0.1, 0.15) is 49.8 Å². The average Bonchev–Trinajstić information content (AvgIpc) is 2.67. The van der Waals surface area contributed by atoms with E-state index in [1.165, 1.54) is 11.1 Å². The molecule has 5 heteroatoms. The van der Waals surface area contributed by atoms with Crippen molar-refractivity contribution in [3.63, 3.8) is 0 Å². The van der Waals surface area contributed by atoms with Gasteiger partial charge in [0.1, 0.15) is 0 Å². The molecule has 1 aliphatic carbocycles. The summed E-state index contributed by atoms with van der Waals surface area (Å²) in [6.07, 6.45) is 5.03. The van der Waals surface area contributed by atoms with Crippen molar-refractivity contribution >= 4 is 11.9 Å². The first-order chi connectivity index (χ1) is 12.6. The maximum Gasteiger partial charge on any atom is 0.310 e. The van der Waals surface area contributed by atoms with Crippen LogP contribution >= 0.6 is 0 Å². The number of carbonyl (C=O) groups excluding carboxylic acids is 2. The van der Waals surface area contributed by atoms with Gasteiger partial charge in [0, 0.05) is 13.6 Å². The van der Waals surface area contributed by atoms with Gasteiger partial charge >= 0.3 is 5.97 Å². The van der Waals surface area contributed by atoms with E-state index in [0.717, 1.165) is 38.6 Å². The quantitative estimate of drug-likeness (QED) is 0.760. The number of likely N-dealkylation sites (tertiary alicyclic amines) is 1. The molecule has 1 saturated heterocycles. The van der Waals surface area contributed by atoms with E-state index in [0.29, 0.717) is 19.7 Å². The number of ether oxygens (including phenoxy) is 1. The Hall–Kier alpha value is -1.88. The number of nitrogens with zero attached hydrogens (tertiary/aromatic N) is 2. The highest BCUT2D eigenvalue weighted by atomic mass is 16.5. The number of amides is 1. The molecule has 5 nitrogen and oxygen atoms in total. The van der Waals surface area contributed by atoms with Crippen LogP contribution in [0.4, 0.5) is 0 Å². The smallest absolute Gasteiger partial charge is 0.310 e. The highest BCUT2D eigenvalue weighted by Crippen LogP contribution is 2.33. The minimum atomic E-state index is -0.126. The van der Waals surface area contributed by atoms with Crippen LogP contribution in [0.2, 0.25) is 0 Å². The van der Waals surface area contributed by atoms with Crippen molar-refractivity contribution in [3.05, 3.63) is 35.4 Å². The van der Waals surface area contributed by atoms with E-state index in [2.05, 4.69) is 29.2 Å². The van der Waals surface area contributed by atoms with Gasteiger partial charge in [0.25, 0.3) is 0 Å². The van der Waals surface area contributed by atoms with Gasteiger partial charge in [-0.1, -0.05) is 24.3 Å². The fourth-order valence-electron chi connectivity index (χ4n) is 4.26. The van der Waals surface area contributed by atoms with Crippen LogP contribution in [0.25, 0.3) is 0 Å². The van der Waals surface area contributed by atoms with E-state index in [1.807, 2.05) is 18.9 Å². The highest BCUT2D eigenvalue weighted by molar-refractivity contribution is 5.79. The molecular formula is C21H30N2O3. The highest BCUT2D eigenvalue weighted by Gasteiger charge is 2.31. The van der Waals surface area contributed by atoms with E-state index in [9.17, 15) is 9.59 Å². The molecule has 0 spiro atoms. The van der Waals surface area contributed by atoms with E-state index in [-0.39, 0.29) is 23.8 Å². The first-order valence-corrected chi connectivity index (χ1v) is 9.82. The lowest BCUT2D eigenvalue weighted by atomic mass is 9.87. The van der Waals surface area contributed by atoms with Crippen LogP contribution in [0, 0.1) is 5.92 Å². The summed E-state index contributed by atoms with van der Waals surface area (Å²) in [5, 5.41) is 0. The van der Waals surface area contributed by atoms with Gasteiger partial charge in [0.2, 0.25) is 5.91 Å². The summed E-state index contributed by atoms with van der Waals surface area (Å²) >= 11 is 0. The zero-order chi connectivity index (χ0) is 18.5. The summed E-state index contributed by atoms with van der Waals surface area (Å²) in [5.41, 5.74) is 2.65. The maximum atomic E-state index is 12.9. The molecule has 1 aliphatic heterocycles. The van der Waals surface area contributed by atoms with E-state index in [1.54, 1.807) is 0 Å². The molecule has 0 saturated carbocycles. The van der Waals surface area contributed by atoms with Gasteiger partial charge in [0.15, 0.2) is 0 Å². The van der Waals surface area contributed by atoms with Crippen LogP contribution < -0.4 is 0 Å². The SMILES string of the molecule is CCOC(=O)C1CCCN(CC(=O)N(C)C2CCCc3ccccc32)C1. The molecule has 0 N–H and O–H groups in total. The number of aryl methyl sites for hydroxylation is 1. The zero-order valence-electron chi connectivity index (χ0n) is 15.9. The van der Waals surface area contributed by atoms with E-state index in [4.69, 9.17) is 4.74 Å². The normalized spacial score (nSPS) is 23.2. The van der Waals surface area contributed by atoms with Crippen LogP contribution in [-0.4, -0.2) is 55.0 Å². The number of hydrogen-bond donors (Lipinski definition) is 0. The van der Waals surface area contributed by atoms with Gasteiger partial charge in [-0.05, 0) is 56.7 Å². The van der Waals surface area contributed by atoms with Crippen LogP contribution in [0.5, 0.6) is 0 Å². The summed E-state index contributed by atoms with van der Waals surface area (Å²) in [5.74, 6) is -0.0902. The first kappa shape index (κ1) is 18.9. The van der Waals surface area contributed by atoms with Crippen molar-refractivity contribution in [3.8, 4) is 0 Å². The lowest BCUT2D eigenvalue weighted by molar-refractivity contribution is -0.150. The Morgan fingerprint density at radius 3 is 2.85 bits per heavy atom. The third-order valence-corrected chi connectivity index (χ3v) is 5.68. The third kappa shape index (κ3) is 4.26. The average molecular weight is 358 g/mol. The molecule has 26 heavy (non-hydrogen) atoms. The topological polar surface area (TPSA) is 49.9 Å². The molecule has 142 valence electrons. The molecule has 1 amide bonds. The van der Waals surface area contributed by atoms with Gasteiger partial charge in [-0.25, -0.2) is 0 Å². The number of piperidine rings is 1. The van der Waals surface area contributed by atoms with Crippen LogP contribution in [0.15, 0.2) is 24.3 Å². The Labute approximate surface area is 156 Å². The van der Waals surface area contributed by atoms with Crippen molar-refractivity contribution < 1.29 is 14.3 Å². The lowest BCUT2D eigenvalue weighted by Crippen LogP contribution is -2.46. The molecule has 1 fully saturated rings. The van der Waals surface area contributed by atoms with Crippen LogP contribution in [-0.2, 0) is 20.7 Å². The minimum absolute atomic E-state index is 0.0998.